The first-order chi connectivity index (χ1) is 11.6. The van der Waals surface area contributed by atoms with Crippen LogP contribution in [0.3, 0.4) is 0 Å². The van der Waals surface area contributed by atoms with E-state index in [1.54, 1.807) is 12.1 Å². The van der Waals surface area contributed by atoms with Crippen LogP contribution in [0.5, 0.6) is 5.75 Å². The summed E-state index contributed by atoms with van der Waals surface area (Å²) in [5, 5.41) is 14.0. The summed E-state index contributed by atoms with van der Waals surface area (Å²) in [4.78, 5) is 23.2. The molecule has 3 rings (SSSR count). The first-order valence-corrected chi connectivity index (χ1v) is 7.95. The highest BCUT2D eigenvalue weighted by atomic mass is 16.5. The Labute approximate surface area is 140 Å². The molecule has 0 unspecified atom stereocenters. The average molecular weight is 324 g/mol. The highest BCUT2D eigenvalue weighted by molar-refractivity contribution is 5.89. The molecule has 1 aliphatic carbocycles. The third-order valence-electron chi connectivity index (χ3n) is 4.17. The van der Waals surface area contributed by atoms with Crippen molar-refractivity contribution in [1.29, 1.82) is 0 Å². The molecule has 0 aliphatic heterocycles. The topological polar surface area (TPSA) is 78.5 Å². The number of para-hydroxylation sites is 1. The largest absolute Gasteiger partial charge is 0.545 e. The first-order valence-electron chi connectivity index (χ1n) is 7.95. The fraction of sp³-hybridized carbons (Fsp3) is 0.263. The molecule has 5 heteroatoms. The van der Waals surface area contributed by atoms with Crippen LogP contribution in [0, 0.1) is 0 Å². The lowest BCUT2D eigenvalue weighted by molar-refractivity contribution is -0.255. The van der Waals surface area contributed by atoms with Crippen molar-refractivity contribution < 1.29 is 19.4 Å². The minimum absolute atomic E-state index is 0.0255. The van der Waals surface area contributed by atoms with Crippen LogP contribution in [-0.4, -0.2) is 18.5 Å². The van der Waals surface area contributed by atoms with Gasteiger partial charge in [0.15, 0.2) is 6.61 Å². The van der Waals surface area contributed by atoms with E-state index < -0.39 is 5.97 Å². The van der Waals surface area contributed by atoms with Gasteiger partial charge in [-0.25, -0.2) is 0 Å². The average Bonchev–Trinajstić information content (AvgIpc) is 2.60. The number of fused-ring (bicyclic) bond motifs is 1. The molecule has 1 aliphatic rings. The summed E-state index contributed by atoms with van der Waals surface area (Å²) >= 11 is 0. The lowest BCUT2D eigenvalue weighted by atomic mass is 9.88. The normalized spacial score (nSPS) is 16.1. The number of amides is 1. The van der Waals surface area contributed by atoms with Crippen LogP contribution in [0.1, 0.15) is 40.4 Å². The number of benzene rings is 2. The second-order valence-electron chi connectivity index (χ2n) is 5.78. The van der Waals surface area contributed by atoms with Crippen LogP contribution in [0.15, 0.2) is 48.5 Å². The molecule has 2 aromatic rings. The predicted octanol–water partition coefficient (Wildman–Crippen LogP) is 1.62. The van der Waals surface area contributed by atoms with Crippen molar-refractivity contribution in [2.45, 2.75) is 25.3 Å². The van der Waals surface area contributed by atoms with Crippen molar-refractivity contribution in [3.63, 3.8) is 0 Å². The van der Waals surface area contributed by atoms with Crippen LogP contribution >= 0.6 is 0 Å². The Kier molecular flexibility index (Phi) is 4.79. The van der Waals surface area contributed by atoms with Gasteiger partial charge in [0.05, 0.1) is 12.0 Å². The molecule has 0 bridgehead atoms. The van der Waals surface area contributed by atoms with E-state index in [0.29, 0.717) is 0 Å². The van der Waals surface area contributed by atoms with Gasteiger partial charge in [0, 0.05) is 5.56 Å². The van der Waals surface area contributed by atoms with E-state index in [9.17, 15) is 14.7 Å². The van der Waals surface area contributed by atoms with E-state index in [4.69, 9.17) is 4.74 Å². The third kappa shape index (κ3) is 3.56. The number of nitrogens with one attached hydrogen (secondary N) is 1. The number of aryl methyl sites for hydroxylation is 1. The lowest BCUT2D eigenvalue weighted by Gasteiger charge is -2.26. The highest BCUT2D eigenvalue weighted by Crippen LogP contribution is 2.29. The summed E-state index contributed by atoms with van der Waals surface area (Å²) in [6, 6.07) is 14.2. The van der Waals surface area contributed by atoms with E-state index in [2.05, 4.69) is 11.4 Å². The van der Waals surface area contributed by atoms with E-state index in [1.807, 2.05) is 18.2 Å². The van der Waals surface area contributed by atoms with Gasteiger partial charge in [0.2, 0.25) is 0 Å². The predicted molar refractivity (Wildman–Crippen MR) is 86.5 cm³/mol. The number of ether oxygens (including phenoxy) is 1. The maximum Gasteiger partial charge on any atom is 0.258 e. The van der Waals surface area contributed by atoms with Gasteiger partial charge in [0.25, 0.3) is 5.91 Å². The molecular formula is C19H18NO4-. The maximum atomic E-state index is 12.2. The molecule has 1 atom stereocenters. The Morgan fingerprint density at radius 1 is 1.12 bits per heavy atom. The van der Waals surface area contributed by atoms with Gasteiger partial charge < -0.3 is 20.0 Å². The molecule has 0 spiro atoms. The number of carboxylic acid groups (broad SMARTS) is 1. The van der Waals surface area contributed by atoms with Gasteiger partial charge in [0.1, 0.15) is 5.75 Å². The maximum absolute atomic E-state index is 12.2. The number of aromatic carboxylic acids is 1. The number of carbonyl (C=O) groups excluding carboxylic acids is 2. The standard InChI is InChI=1S/C19H19NO4/c21-18(12-24-17-11-4-3-9-15(17)19(22)23)20-16-10-5-7-13-6-1-2-8-14(13)16/h1-4,6,8-9,11,16H,5,7,10,12H2,(H,20,21)(H,22,23)/p-1/t16-/m0/s1. The molecule has 0 heterocycles. The number of hydrogen-bond donors (Lipinski definition) is 1. The van der Waals surface area contributed by atoms with Crippen molar-refractivity contribution in [2.24, 2.45) is 0 Å². The second-order valence-corrected chi connectivity index (χ2v) is 5.78. The monoisotopic (exact) mass is 324 g/mol. The number of carboxylic acids is 1. The van der Waals surface area contributed by atoms with Gasteiger partial charge in [-0.3, -0.25) is 4.79 Å². The molecule has 124 valence electrons. The minimum Gasteiger partial charge on any atom is -0.545 e. The zero-order valence-corrected chi connectivity index (χ0v) is 13.2. The molecule has 0 saturated heterocycles. The van der Waals surface area contributed by atoms with Crippen molar-refractivity contribution in [2.75, 3.05) is 6.61 Å². The molecular weight excluding hydrogens is 306 g/mol. The van der Waals surface area contributed by atoms with Crippen molar-refractivity contribution >= 4 is 11.9 Å². The van der Waals surface area contributed by atoms with Crippen molar-refractivity contribution in [3.8, 4) is 5.75 Å². The van der Waals surface area contributed by atoms with Gasteiger partial charge in [-0.1, -0.05) is 36.4 Å². The third-order valence-corrected chi connectivity index (χ3v) is 4.17. The quantitative estimate of drug-likeness (QED) is 0.906. The second kappa shape index (κ2) is 7.17. The van der Waals surface area contributed by atoms with Crippen LogP contribution < -0.4 is 15.2 Å². The molecule has 0 aromatic heterocycles. The summed E-state index contributed by atoms with van der Waals surface area (Å²) in [6.07, 6.45) is 2.94. The van der Waals surface area contributed by atoms with Crippen LogP contribution in [-0.2, 0) is 11.2 Å². The van der Waals surface area contributed by atoms with Crippen LogP contribution in [0.25, 0.3) is 0 Å². The van der Waals surface area contributed by atoms with E-state index in [1.165, 1.54) is 17.7 Å². The number of rotatable bonds is 5. The van der Waals surface area contributed by atoms with Crippen LogP contribution in [0.4, 0.5) is 0 Å². The zero-order valence-electron chi connectivity index (χ0n) is 13.2. The molecule has 0 radical (unpaired) electrons. The minimum atomic E-state index is -1.33. The Bertz CT molecular complexity index is 757. The molecule has 5 nitrogen and oxygen atoms in total. The van der Waals surface area contributed by atoms with Crippen LogP contribution in [0.2, 0.25) is 0 Å². The number of hydrogen-bond acceptors (Lipinski definition) is 4. The highest BCUT2D eigenvalue weighted by Gasteiger charge is 2.21. The Balaban J connectivity index is 1.62. The summed E-state index contributed by atoms with van der Waals surface area (Å²) in [6.45, 7) is -0.233. The fourth-order valence-corrected chi connectivity index (χ4v) is 3.04. The number of carbonyl (C=O) groups is 2. The zero-order chi connectivity index (χ0) is 16.9. The lowest BCUT2D eigenvalue weighted by Crippen LogP contribution is -2.34. The first kappa shape index (κ1) is 16.1. The SMILES string of the molecule is O=C(COc1ccccc1C(=O)[O-])N[C@H]1CCCc2ccccc21. The summed E-state index contributed by atoms with van der Waals surface area (Å²) in [5.41, 5.74) is 2.35. The molecule has 0 fully saturated rings. The molecule has 24 heavy (non-hydrogen) atoms. The van der Waals surface area contributed by atoms with Gasteiger partial charge >= 0.3 is 0 Å². The molecule has 0 saturated carbocycles. The van der Waals surface area contributed by atoms with E-state index >= 15 is 0 Å². The Morgan fingerprint density at radius 3 is 2.71 bits per heavy atom. The Hall–Kier alpha value is -2.82. The van der Waals surface area contributed by atoms with Crippen molar-refractivity contribution in [1.82, 2.24) is 5.32 Å². The fourth-order valence-electron chi connectivity index (χ4n) is 3.04. The summed E-state index contributed by atoms with van der Waals surface area (Å²) in [7, 11) is 0. The van der Waals surface area contributed by atoms with E-state index in [-0.39, 0.29) is 29.9 Å². The van der Waals surface area contributed by atoms with Gasteiger partial charge in [-0.2, -0.15) is 0 Å². The van der Waals surface area contributed by atoms with E-state index in [0.717, 1.165) is 24.8 Å². The van der Waals surface area contributed by atoms with Gasteiger partial charge in [-0.05, 0) is 42.5 Å². The Morgan fingerprint density at radius 2 is 1.88 bits per heavy atom. The smallest absolute Gasteiger partial charge is 0.258 e. The van der Waals surface area contributed by atoms with Crippen molar-refractivity contribution in [3.05, 3.63) is 65.2 Å². The molecule has 1 N–H and O–H groups in total. The molecule has 1 amide bonds. The van der Waals surface area contributed by atoms with Gasteiger partial charge in [-0.15, -0.1) is 0 Å². The summed E-state index contributed by atoms with van der Waals surface area (Å²) in [5.74, 6) is -1.46. The summed E-state index contributed by atoms with van der Waals surface area (Å²) < 4.78 is 5.36. The molecule has 2 aromatic carbocycles.